The van der Waals surface area contributed by atoms with Crippen LogP contribution in [0.5, 0.6) is 0 Å². The molecule has 0 heterocycles. The Kier molecular flexibility index (Phi) is 4.07. The molecule has 2 aromatic carbocycles. The van der Waals surface area contributed by atoms with Gasteiger partial charge in [-0.1, -0.05) is 0 Å². The van der Waals surface area contributed by atoms with Crippen molar-refractivity contribution >= 4 is 24.1 Å². The van der Waals surface area contributed by atoms with Crippen LogP contribution in [0.2, 0.25) is 0 Å². The number of carbonyl (C=O) groups is 1. The molecule has 0 unspecified atom stereocenters. The second-order valence-corrected chi connectivity index (χ2v) is 5.97. The minimum absolute atomic E-state index is 0.0483. The Hall–Kier alpha value is -1.58. The minimum atomic E-state index is -4.34. The average Bonchev–Trinajstić information content (AvgIpc) is 2.39. The van der Waals surface area contributed by atoms with E-state index in [0.29, 0.717) is 10.0 Å². The summed E-state index contributed by atoms with van der Waals surface area (Å²) in [7, 11) is 0. The Morgan fingerprint density at radius 1 is 0.895 bits per heavy atom. The van der Waals surface area contributed by atoms with Crippen LogP contribution in [0.3, 0.4) is 0 Å². The number of rotatable bonds is 3. The normalized spacial score (nSPS) is 11.3. The molecule has 0 saturated heterocycles. The molecule has 0 saturated carbocycles. The van der Waals surface area contributed by atoms with Crippen molar-refractivity contribution in [1.82, 2.24) is 0 Å². The molecule has 0 aliphatic heterocycles. The van der Waals surface area contributed by atoms with Crippen LogP contribution in [0.1, 0.15) is 15.9 Å². The summed E-state index contributed by atoms with van der Waals surface area (Å²) in [4.78, 5) is 11.9. The van der Waals surface area contributed by atoms with E-state index in [9.17, 15) is 18.0 Å². The number of carbonyl (C=O) groups excluding carboxylic acids is 1. The Bertz CT molecular complexity index is 561. The zero-order chi connectivity index (χ0) is 13.9. The van der Waals surface area contributed by atoms with Crippen LogP contribution in [0.25, 0.3) is 0 Å². The van der Waals surface area contributed by atoms with Gasteiger partial charge in [0.1, 0.15) is 0 Å². The van der Waals surface area contributed by atoms with Gasteiger partial charge in [0.2, 0.25) is 0 Å². The first-order chi connectivity index (χ1) is 8.97. The summed E-state index contributed by atoms with van der Waals surface area (Å²) >= 11 is -0.508. The fourth-order valence-electron chi connectivity index (χ4n) is 1.45. The Balaban J connectivity index is 2.10. The SMILES string of the molecule is O=C([Se]c1ccc(C(F)(F)F)cc1)c1ccccc1. The van der Waals surface area contributed by atoms with E-state index in [-0.39, 0.29) is 4.68 Å². The fourth-order valence-corrected chi connectivity index (χ4v) is 3.01. The predicted octanol–water partition coefficient (Wildman–Crippen LogP) is 2.88. The quantitative estimate of drug-likeness (QED) is 0.792. The van der Waals surface area contributed by atoms with Gasteiger partial charge in [-0.05, 0) is 0 Å². The number of hydrogen-bond donors (Lipinski definition) is 0. The van der Waals surface area contributed by atoms with Gasteiger partial charge in [-0.2, -0.15) is 0 Å². The van der Waals surface area contributed by atoms with Crippen LogP contribution in [-0.2, 0) is 6.18 Å². The second-order valence-electron chi connectivity index (χ2n) is 3.78. The zero-order valence-corrected chi connectivity index (χ0v) is 11.4. The van der Waals surface area contributed by atoms with Gasteiger partial charge in [0.25, 0.3) is 0 Å². The van der Waals surface area contributed by atoms with Crippen LogP contribution in [0.4, 0.5) is 13.2 Å². The Labute approximate surface area is 114 Å². The summed E-state index contributed by atoms with van der Waals surface area (Å²) in [5.41, 5.74) is -0.110. The standard InChI is InChI=1S/C14H9F3OSe/c15-14(16,17)11-6-8-12(9-7-11)19-13(18)10-4-2-1-3-5-10/h1-9H. The molecule has 98 valence electrons. The molecule has 0 spiro atoms. The van der Waals surface area contributed by atoms with Gasteiger partial charge in [0, 0.05) is 0 Å². The zero-order valence-electron chi connectivity index (χ0n) is 9.65. The van der Waals surface area contributed by atoms with E-state index in [1.807, 2.05) is 6.07 Å². The maximum atomic E-state index is 12.4. The molecule has 0 amide bonds. The molecule has 0 aliphatic carbocycles. The van der Waals surface area contributed by atoms with E-state index in [1.165, 1.54) is 12.1 Å². The van der Waals surface area contributed by atoms with Crippen molar-refractivity contribution in [2.75, 3.05) is 0 Å². The third-order valence-electron chi connectivity index (χ3n) is 2.40. The summed E-state index contributed by atoms with van der Waals surface area (Å²) in [5, 5.41) is 0. The molecule has 19 heavy (non-hydrogen) atoms. The maximum absolute atomic E-state index is 12.4. The van der Waals surface area contributed by atoms with Crippen molar-refractivity contribution in [1.29, 1.82) is 0 Å². The first kappa shape index (κ1) is 13.8. The molecule has 5 heteroatoms. The van der Waals surface area contributed by atoms with E-state index in [1.54, 1.807) is 24.3 Å². The third kappa shape index (κ3) is 3.69. The molecule has 0 aliphatic rings. The predicted molar refractivity (Wildman–Crippen MR) is 67.6 cm³/mol. The van der Waals surface area contributed by atoms with Gasteiger partial charge >= 0.3 is 114 Å². The van der Waals surface area contributed by atoms with Crippen LogP contribution in [0.15, 0.2) is 54.6 Å². The van der Waals surface area contributed by atoms with Gasteiger partial charge in [-0.25, -0.2) is 0 Å². The molecule has 1 nitrogen and oxygen atoms in total. The molecule has 0 radical (unpaired) electrons. The molecule has 0 bridgehead atoms. The van der Waals surface area contributed by atoms with Gasteiger partial charge in [0.05, 0.1) is 0 Å². The molecular weight excluding hydrogens is 320 g/mol. The molecular formula is C14H9F3OSe. The molecule has 0 fully saturated rings. The van der Waals surface area contributed by atoms with E-state index < -0.39 is 26.7 Å². The van der Waals surface area contributed by atoms with Crippen molar-refractivity contribution in [3.05, 3.63) is 65.7 Å². The summed E-state index contributed by atoms with van der Waals surface area (Å²) in [5.74, 6) is 0. The number of alkyl halides is 3. The van der Waals surface area contributed by atoms with Crippen molar-refractivity contribution in [2.24, 2.45) is 0 Å². The first-order valence-electron chi connectivity index (χ1n) is 5.41. The first-order valence-corrected chi connectivity index (χ1v) is 7.12. The van der Waals surface area contributed by atoms with E-state index in [4.69, 9.17) is 0 Å². The van der Waals surface area contributed by atoms with E-state index in [2.05, 4.69) is 0 Å². The summed E-state index contributed by atoms with van der Waals surface area (Å²) < 4.78 is 37.7. The van der Waals surface area contributed by atoms with Crippen molar-refractivity contribution in [3.63, 3.8) is 0 Å². The topological polar surface area (TPSA) is 17.1 Å². The summed E-state index contributed by atoms with van der Waals surface area (Å²) in [6.07, 6.45) is -4.34. The Morgan fingerprint density at radius 3 is 2.00 bits per heavy atom. The molecule has 2 aromatic rings. The van der Waals surface area contributed by atoms with E-state index >= 15 is 0 Å². The number of halogens is 3. The Morgan fingerprint density at radius 2 is 1.47 bits per heavy atom. The summed E-state index contributed by atoms with van der Waals surface area (Å²) in [6.45, 7) is 0. The molecule has 2 rings (SSSR count). The van der Waals surface area contributed by atoms with Crippen molar-refractivity contribution < 1.29 is 18.0 Å². The van der Waals surface area contributed by atoms with Crippen LogP contribution in [-0.4, -0.2) is 19.6 Å². The number of hydrogen-bond acceptors (Lipinski definition) is 1. The van der Waals surface area contributed by atoms with Gasteiger partial charge in [-0.15, -0.1) is 0 Å². The van der Waals surface area contributed by atoms with Gasteiger partial charge < -0.3 is 0 Å². The fraction of sp³-hybridized carbons (Fsp3) is 0.0714. The monoisotopic (exact) mass is 330 g/mol. The van der Waals surface area contributed by atoms with E-state index in [0.717, 1.165) is 12.1 Å². The van der Waals surface area contributed by atoms with Gasteiger partial charge in [0.15, 0.2) is 0 Å². The molecule has 0 N–H and O–H groups in total. The average molecular weight is 329 g/mol. The molecule has 0 atom stereocenters. The van der Waals surface area contributed by atoms with Crippen LogP contribution < -0.4 is 4.46 Å². The van der Waals surface area contributed by atoms with Gasteiger partial charge in [-0.3, -0.25) is 0 Å². The van der Waals surface area contributed by atoms with Crippen molar-refractivity contribution in [2.45, 2.75) is 6.18 Å². The van der Waals surface area contributed by atoms with Crippen LogP contribution in [0, 0.1) is 0 Å². The summed E-state index contributed by atoms with van der Waals surface area (Å²) in [6, 6.07) is 13.5. The molecule has 0 aromatic heterocycles. The van der Waals surface area contributed by atoms with Crippen LogP contribution >= 0.6 is 0 Å². The second kappa shape index (κ2) is 5.59. The van der Waals surface area contributed by atoms with Crippen molar-refractivity contribution in [3.8, 4) is 0 Å². The third-order valence-corrected chi connectivity index (χ3v) is 4.35. The number of benzene rings is 2.